The third-order valence-electron chi connectivity index (χ3n) is 3.17. The first-order valence-electron chi connectivity index (χ1n) is 6.95. The minimum absolute atomic E-state index is 0.0968. The van der Waals surface area contributed by atoms with Gasteiger partial charge in [0.1, 0.15) is 5.75 Å². The van der Waals surface area contributed by atoms with Crippen LogP contribution in [0.4, 0.5) is 11.4 Å². The number of nitrogens with one attached hydrogen (secondary N) is 2. The molecule has 22 heavy (non-hydrogen) atoms. The lowest BCUT2D eigenvalue weighted by atomic mass is 10.2. The fourth-order valence-electron chi connectivity index (χ4n) is 2.02. The first-order chi connectivity index (χ1) is 10.6. The van der Waals surface area contributed by atoms with Gasteiger partial charge in [0.05, 0.1) is 19.3 Å². The molecular formula is C17H20N2O2S. The van der Waals surface area contributed by atoms with Crippen LogP contribution in [0.1, 0.15) is 5.56 Å². The number of anilines is 2. The van der Waals surface area contributed by atoms with Gasteiger partial charge in [0, 0.05) is 10.6 Å². The van der Waals surface area contributed by atoms with E-state index in [0.717, 1.165) is 22.7 Å². The Labute approximate surface area is 135 Å². The quantitative estimate of drug-likeness (QED) is 0.796. The molecule has 0 unspecified atom stereocenters. The van der Waals surface area contributed by atoms with E-state index in [4.69, 9.17) is 4.74 Å². The largest absolute Gasteiger partial charge is 0.495 e. The van der Waals surface area contributed by atoms with Crippen molar-refractivity contribution < 1.29 is 9.53 Å². The molecule has 5 heteroatoms. The van der Waals surface area contributed by atoms with Crippen molar-refractivity contribution >= 4 is 29.0 Å². The predicted octanol–water partition coefficient (Wildman–Crippen LogP) is 3.78. The van der Waals surface area contributed by atoms with Crippen LogP contribution in [0, 0.1) is 6.92 Å². The summed E-state index contributed by atoms with van der Waals surface area (Å²) in [5.41, 5.74) is 2.72. The second-order valence-electron chi connectivity index (χ2n) is 4.83. The van der Waals surface area contributed by atoms with E-state index in [0.29, 0.717) is 0 Å². The van der Waals surface area contributed by atoms with Gasteiger partial charge in [-0.2, -0.15) is 0 Å². The number of hydrogen-bond donors (Lipinski definition) is 2. The lowest BCUT2D eigenvalue weighted by Crippen LogP contribution is -2.21. The van der Waals surface area contributed by atoms with Crippen molar-refractivity contribution in [1.82, 2.24) is 0 Å². The van der Waals surface area contributed by atoms with Gasteiger partial charge in [-0.15, -0.1) is 11.8 Å². The lowest BCUT2D eigenvalue weighted by molar-refractivity contribution is -0.114. The van der Waals surface area contributed by atoms with E-state index in [1.54, 1.807) is 18.9 Å². The zero-order valence-electron chi connectivity index (χ0n) is 13.0. The zero-order chi connectivity index (χ0) is 15.9. The fourth-order valence-corrected chi connectivity index (χ4v) is 2.42. The Morgan fingerprint density at radius 2 is 1.91 bits per heavy atom. The number of hydrogen-bond acceptors (Lipinski definition) is 4. The Hall–Kier alpha value is -2.14. The number of thioether (sulfide) groups is 1. The van der Waals surface area contributed by atoms with Crippen molar-refractivity contribution in [1.29, 1.82) is 0 Å². The molecule has 2 aromatic carbocycles. The van der Waals surface area contributed by atoms with Crippen LogP contribution in [-0.2, 0) is 4.79 Å². The van der Waals surface area contributed by atoms with E-state index in [2.05, 4.69) is 10.6 Å². The molecule has 2 N–H and O–H groups in total. The number of rotatable bonds is 6. The minimum atomic E-state index is -0.0968. The van der Waals surface area contributed by atoms with Crippen LogP contribution in [0.2, 0.25) is 0 Å². The maximum atomic E-state index is 12.0. The molecule has 0 heterocycles. The molecule has 0 aliphatic heterocycles. The van der Waals surface area contributed by atoms with Crippen LogP contribution in [0.25, 0.3) is 0 Å². The van der Waals surface area contributed by atoms with E-state index in [1.807, 2.05) is 55.6 Å². The second-order valence-corrected chi connectivity index (χ2v) is 5.71. The minimum Gasteiger partial charge on any atom is -0.495 e. The van der Waals surface area contributed by atoms with Gasteiger partial charge >= 0.3 is 0 Å². The van der Waals surface area contributed by atoms with E-state index >= 15 is 0 Å². The van der Waals surface area contributed by atoms with Gasteiger partial charge < -0.3 is 15.4 Å². The SMILES string of the molecule is COc1ccc(C)cc1NCC(=O)Nc1ccc(SC)cc1. The van der Waals surface area contributed by atoms with E-state index < -0.39 is 0 Å². The van der Waals surface area contributed by atoms with Gasteiger partial charge in [-0.3, -0.25) is 4.79 Å². The van der Waals surface area contributed by atoms with E-state index in [1.165, 1.54) is 4.90 Å². The smallest absolute Gasteiger partial charge is 0.243 e. The second kappa shape index (κ2) is 7.75. The average Bonchev–Trinajstić information content (AvgIpc) is 2.54. The Morgan fingerprint density at radius 1 is 1.18 bits per heavy atom. The van der Waals surface area contributed by atoms with Crippen molar-refractivity contribution in [2.45, 2.75) is 11.8 Å². The molecule has 0 atom stereocenters. The fraction of sp³-hybridized carbons (Fsp3) is 0.235. The third-order valence-corrected chi connectivity index (χ3v) is 3.91. The summed E-state index contributed by atoms with van der Waals surface area (Å²) in [6, 6.07) is 13.6. The molecule has 1 amide bonds. The molecule has 116 valence electrons. The molecule has 0 aliphatic carbocycles. The number of carbonyl (C=O) groups is 1. The summed E-state index contributed by atoms with van der Waals surface area (Å²) in [7, 11) is 1.61. The van der Waals surface area contributed by atoms with E-state index in [9.17, 15) is 4.79 Å². The van der Waals surface area contributed by atoms with Crippen molar-refractivity contribution in [2.24, 2.45) is 0 Å². The number of methoxy groups -OCH3 is 1. The first-order valence-corrected chi connectivity index (χ1v) is 8.17. The number of amides is 1. The molecule has 0 aromatic heterocycles. The monoisotopic (exact) mass is 316 g/mol. The Bertz CT molecular complexity index is 642. The van der Waals surface area contributed by atoms with Crippen LogP contribution < -0.4 is 15.4 Å². The lowest BCUT2D eigenvalue weighted by Gasteiger charge is -2.12. The number of benzene rings is 2. The zero-order valence-corrected chi connectivity index (χ0v) is 13.8. The molecule has 0 saturated heterocycles. The molecule has 2 rings (SSSR count). The van der Waals surface area contributed by atoms with Crippen molar-refractivity contribution in [3.05, 3.63) is 48.0 Å². The summed E-state index contributed by atoms with van der Waals surface area (Å²) in [6.07, 6.45) is 2.02. The molecule has 0 saturated carbocycles. The summed E-state index contributed by atoms with van der Waals surface area (Å²) >= 11 is 1.67. The van der Waals surface area contributed by atoms with Gasteiger partial charge in [0.25, 0.3) is 0 Å². The molecule has 0 radical (unpaired) electrons. The summed E-state index contributed by atoms with van der Waals surface area (Å²) in [6.45, 7) is 2.18. The third kappa shape index (κ3) is 4.43. The number of carbonyl (C=O) groups excluding carboxylic acids is 1. The highest BCUT2D eigenvalue weighted by Gasteiger charge is 2.06. The molecule has 4 nitrogen and oxygen atoms in total. The molecule has 0 fully saturated rings. The molecule has 0 bridgehead atoms. The standard InChI is InChI=1S/C17H20N2O2S/c1-12-4-9-16(21-2)15(10-12)18-11-17(20)19-13-5-7-14(22-3)8-6-13/h4-10,18H,11H2,1-3H3,(H,19,20). The molecule has 2 aromatic rings. The molecular weight excluding hydrogens is 296 g/mol. The van der Waals surface area contributed by atoms with Gasteiger partial charge in [0.15, 0.2) is 0 Å². The van der Waals surface area contributed by atoms with Crippen LogP contribution >= 0.6 is 11.8 Å². The summed E-state index contributed by atoms with van der Waals surface area (Å²) in [5, 5.41) is 5.97. The van der Waals surface area contributed by atoms with Crippen molar-refractivity contribution in [2.75, 3.05) is 30.5 Å². The summed E-state index contributed by atoms with van der Waals surface area (Å²) in [4.78, 5) is 13.2. The Morgan fingerprint density at radius 3 is 2.55 bits per heavy atom. The maximum absolute atomic E-state index is 12.0. The van der Waals surface area contributed by atoms with Gasteiger partial charge in [-0.25, -0.2) is 0 Å². The maximum Gasteiger partial charge on any atom is 0.243 e. The highest BCUT2D eigenvalue weighted by atomic mass is 32.2. The first kappa shape index (κ1) is 16.2. The topological polar surface area (TPSA) is 50.4 Å². The van der Waals surface area contributed by atoms with E-state index in [-0.39, 0.29) is 12.5 Å². The van der Waals surface area contributed by atoms with Crippen LogP contribution in [0.5, 0.6) is 5.75 Å². The number of aryl methyl sites for hydroxylation is 1. The highest BCUT2D eigenvalue weighted by molar-refractivity contribution is 7.98. The van der Waals surface area contributed by atoms with Crippen molar-refractivity contribution in [3.63, 3.8) is 0 Å². The predicted molar refractivity (Wildman–Crippen MR) is 93.1 cm³/mol. The molecule has 0 spiro atoms. The van der Waals surface area contributed by atoms with Crippen LogP contribution in [0.3, 0.4) is 0 Å². The van der Waals surface area contributed by atoms with Crippen LogP contribution in [0.15, 0.2) is 47.4 Å². The van der Waals surface area contributed by atoms with Gasteiger partial charge in [-0.05, 0) is 55.1 Å². The van der Waals surface area contributed by atoms with Crippen LogP contribution in [-0.4, -0.2) is 25.8 Å². The normalized spacial score (nSPS) is 10.1. The van der Waals surface area contributed by atoms with Gasteiger partial charge in [0.2, 0.25) is 5.91 Å². The Kier molecular flexibility index (Phi) is 5.72. The molecule has 0 aliphatic rings. The highest BCUT2D eigenvalue weighted by Crippen LogP contribution is 2.25. The Balaban J connectivity index is 1.93. The summed E-state index contributed by atoms with van der Waals surface area (Å²) in [5.74, 6) is 0.628. The van der Waals surface area contributed by atoms with Gasteiger partial charge in [-0.1, -0.05) is 6.07 Å². The summed E-state index contributed by atoms with van der Waals surface area (Å²) < 4.78 is 5.28. The van der Waals surface area contributed by atoms with Crippen molar-refractivity contribution in [3.8, 4) is 5.75 Å². The number of ether oxygens (including phenoxy) is 1. The average molecular weight is 316 g/mol.